The van der Waals surface area contributed by atoms with Crippen LogP contribution in [0, 0.1) is 13.8 Å². The first-order chi connectivity index (χ1) is 11.6. The van der Waals surface area contributed by atoms with Crippen LogP contribution in [0.2, 0.25) is 0 Å². The number of hydrogen-bond acceptors (Lipinski definition) is 6. The van der Waals surface area contributed by atoms with Gasteiger partial charge in [-0.3, -0.25) is 4.79 Å². The van der Waals surface area contributed by atoms with Crippen LogP contribution in [0.3, 0.4) is 0 Å². The zero-order chi connectivity index (χ0) is 17.1. The van der Waals surface area contributed by atoms with Crippen molar-refractivity contribution in [3.05, 3.63) is 57.9 Å². The molecule has 0 aliphatic carbocycles. The molecule has 0 N–H and O–H groups in total. The van der Waals surface area contributed by atoms with E-state index in [1.54, 1.807) is 16.6 Å². The highest BCUT2D eigenvalue weighted by Crippen LogP contribution is 2.15. The minimum absolute atomic E-state index is 0.153. The van der Waals surface area contributed by atoms with Gasteiger partial charge in [-0.25, -0.2) is 4.68 Å². The highest BCUT2D eigenvalue weighted by molar-refractivity contribution is 7.05. The van der Waals surface area contributed by atoms with Crippen molar-refractivity contribution in [1.29, 1.82) is 0 Å². The average Bonchev–Trinajstić information content (AvgIpc) is 3.14. The summed E-state index contributed by atoms with van der Waals surface area (Å²) in [5.74, 6) is -0.153. The normalized spacial score (nSPS) is 10.8. The van der Waals surface area contributed by atoms with Crippen molar-refractivity contribution in [2.45, 2.75) is 26.9 Å². The predicted octanol–water partition coefficient (Wildman–Crippen LogP) is 2.07. The fourth-order valence-corrected chi connectivity index (χ4v) is 3.01. The first-order valence-corrected chi connectivity index (χ1v) is 8.31. The van der Waals surface area contributed by atoms with Crippen LogP contribution in [0.15, 0.2) is 30.3 Å². The lowest BCUT2D eigenvalue weighted by atomic mass is 10.2. The molecule has 3 aromatic rings. The van der Waals surface area contributed by atoms with Gasteiger partial charge in [-0.15, -0.1) is 10.2 Å². The van der Waals surface area contributed by atoms with Crippen molar-refractivity contribution >= 4 is 17.4 Å². The number of nitrogens with zero attached hydrogens (tertiary/aromatic N) is 6. The lowest BCUT2D eigenvalue weighted by Crippen LogP contribution is -2.27. The molecular formula is C16H18N6OS. The average molecular weight is 342 g/mol. The van der Waals surface area contributed by atoms with Gasteiger partial charge in [-0.2, -0.15) is 0 Å². The minimum Gasteiger partial charge on any atom is -0.335 e. The SMILES string of the molecule is Cc1nnsc1CN(C)C(=O)c1nnn(Cc2ccccc2)c1C. The van der Waals surface area contributed by atoms with Gasteiger partial charge in [0.05, 0.1) is 29.4 Å². The van der Waals surface area contributed by atoms with Crippen LogP contribution in [-0.2, 0) is 13.1 Å². The van der Waals surface area contributed by atoms with Crippen LogP contribution in [0.25, 0.3) is 0 Å². The molecule has 1 amide bonds. The number of aromatic nitrogens is 5. The Morgan fingerprint density at radius 3 is 2.62 bits per heavy atom. The first kappa shape index (κ1) is 16.3. The van der Waals surface area contributed by atoms with Crippen molar-refractivity contribution in [1.82, 2.24) is 29.5 Å². The minimum atomic E-state index is -0.153. The fraction of sp³-hybridized carbons (Fsp3) is 0.312. The van der Waals surface area contributed by atoms with Gasteiger partial charge in [0, 0.05) is 7.05 Å². The summed E-state index contributed by atoms with van der Waals surface area (Å²) in [7, 11) is 1.75. The molecule has 124 valence electrons. The topological polar surface area (TPSA) is 76.8 Å². The third-order valence-corrected chi connectivity index (χ3v) is 4.64. The van der Waals surface area contributed by atoms with E-state index in [-0.39, 0.29) is 5.91 Å². The molecule has 1 aromatic carbocycles. The molecule has 0 saturated carbocycles. The number of carbonyl (C=O) groups excluding carboxylic acids is 1. The maximum absolute atomic E-state index is 12.6. The van der Waals surface area contributed by atoms with Crippen LogP contribution >= 0.6 is 11.5 Å². The van der Waals surface area contributed by atoms with Gasteiger partial charge in [0.25, 0.3) is 5.91 Å². The molecule has 8 heteroatoms. The number of amides is 1. The summed E-state index contributed by atoms with van der Waals surface area (Å²) >= 11 is 1.31. The van der Waals surface area contributed by atoms with Crippen molar-refractivity contribution in [2.24, 2.45) is 0 Å². The Labute approximate surface area is 144 Å². The molecule has 24 heavy (non-hydrogen) atoms. The Hall–Kier alpha value is -2.61. The fourth-order valence-electron chi connectivity index (χ4n) is 2.33. The summed E-state index contributed by atoms with van der Waals surface area (Å²) in [5.41, 5.74) is 3.10. The molecule has 2 heterocycles. The molecule has 3 rings (SSSR count). The highest BCUT2D eigenvalue weighted by atomic mass is 32.1. The molecule has 0 aliphatic rings. The van der Waals surface area contributed by atoms with Gasteiger partial charge < -0.3 is 4.90 Å². The molecule has 0 unspecified atom stereocenters. The lowest BCUT2D eigenvalue weighted by molar-refractivity contribution is 0.0779. The molecule has 7 nitrogen and oxygen atoms in total. The Bertz CT molecular complexity index is 841. The largest absolute Gasteiger partial charge is 0.335 e. The number of benzene rings is 1. The zero-order valence-electron chi connectivity index (χ0n) is 13.8. The second kappa shape index (κ2) is 6.88. The lowest BCUT2D eigenvalue weighted by Gasteiger charge is -2.15. The van der Waals surface area contributed by atoms with Crippen molar-refractivity contribution < 1.29 is 4.79 Å². The summed E-state index contributed by atoms with van der Waals surface area (Å²) in [6.45, 7) is 4.81. The Morgan fingerprint density at radius 2 is 1.96 bits per heavy atom. The van der Waals surface area contributed by atoms with Gasteiger partial charge in [-0.05, 0) is 30.9 Å². The number of carbonyl (C=O) groups is 1. The number of hydrogen-bond donors (Lipinski definition) is 0. The van der Waals surface area contributed by atoms with E-state index in [1.807, 2.05) is 44.2 Å². The molecule has 0 aliphatic heterocycles. The molecule has 0 radical (unpaired) electrons. The number of rotatable bonds is 5. The molecule has 2 aromatic heterocycles. The summed E-state index contributed by atoms with van der Waals surface area (Å²) in [5, 5.41) is 12.2. The van der Waals surface area contributed by atoms with E-state index in [9.17, 15) is 4.79 Å². The Balaban J connectivity index is 1.75. The van der Waals surface area contributed by atoms with E-state index in [1.165, 1.54) is 11.5 Å². The monoisotopic (exact) mass is 342 g/mol. The molecule has 0 saturated heterocycles. The van der Waals surface area contributed by atoms with Gasteiger partial charge in [0.1, 0.15) is 0 Å². The molecule has 0 spiro atoms. The standard InChI is InChI=1S/C16H18N6OS/c1-11-14(24-20-17-11)10-21(3)16(23)15-12(2)22(19-18-15)9-13-7-5-4-6-8-13/h4-8H,9-10H2,1-3H3. The Morgan fingerprint density at radius 1 is 1.21 bits per heavy atom. The van der Waals surface area contributed by atoms with Gasteiger partial charge >= 0.3 is 0 Å². The molecular weight excluding hydrogens is 324 g/mol. The quantitative estimate of drug-likeness (QED) is 0.709. The van der Waals surface area contributed by atoms with Crippen molar-refractivity contribution in [3.63, 3.8) is 0 Å². The third kappa shape index (κ3) is 3.33. The van der Waals surface area contributed by atoms with Gasteiger partial charge in [0.2, 0.25) is 0 Å². The second-order valence-electron chi connectivity index (χ2n) is 5.61. The van der Waals surface area contributed by atoms with Crippen LogP contribution < -0.4 is 0 Å². The summed E-state index contributed by atoms with van der Waals surface area (Å²) in [6.07, 6.45) is 0. The van der Waals surface area contributed by atoms with Crippen molar-refractivity contribution in [2.75, 3.05) is 7.05 Å². The first-order valence-electron chi connectivity index (χ1n) is 7.53. The molecule has 0 atom stereocenters. The number of aryl methyl sites for hydroxylation is 1. The second-order valence-corrected chi connectivity index (χ2v) is 6.45. The molecule has 0 bridgehead atoms. The van der Waals surface area contributed by atoms with E-state index in [0.29, 0.717) is 18.8 Å². The van der Waals surface area contributed by atoms with Crippen LogP contribution in [0.4, 0.5) is 0 Å². The van der Waals surface area contributed by atoms with Crippen LogP contribution in [-0.4, -0.2) is 42.4 Å². The Kier molecular flexibility index (Phi) is 4.66. The maximum atomic E-state index is 12.6. The van der Waals surface area contributed by atoms with E-state index in [2.05, 4.69) is 19.9 Å². The zero-order valence-corrected chi connectivity index (χ0v) is 14.6. The summed E-state index contributed by atoms with van der Waals surface area (Å²) in [6, 6.07) is 9.97. The predicted molar refractivity (Wildman–Crippen MR) is 90.7 cm³/mol. The van der Waals surface area contributed by atoms with E-state index in [4.69, 9.17) is 0 Å². The van der Waals surface area contributed by atoms with E-state index in [0.717, 1.165) is 21.8 Å². The third-order valence-electron chi connectivity index (χ3n) is 3.83. The molecule has 0 fully saturated rings. The smallest absolute Gasteiger partial charge is 0.276 e. The van der Waals surface area contributed by atoms with Crippen molar-refractivity contribution in [3.8, 4) is 0 Å². The maximum Gasteiger partial charge on any atom is 0.276 e. The van der Waals surface area contributed by atoms with Crippen LogP contribution in [0.5, 0.6) is 0 Å². The van der Waals surface area contributed by atoms with E-state index >= 15 is 0 Å². The van der Waals surface area contributed by atoms with Gasteiger partial charge in [-0.1, -0.05) is 40.0 Å². The summed E-state index contributed by atoms with van der Waals surface area (Å²) < 4.78 is 5.64. The van der Waals surface area contributed by atoms with Crippen LogP contribution in [0.1, 0.15) is 32.3 Å². The summed E-state index contributed by atoms with van der Waals surface area (Å²) in [4.78, 5) is 15.2. The highest BCUT2D eigenvalue weighted by Gasteiger charge is 2.21. The van der Waals surface area contributed by atoms with Gasteiger partial charge in [0.15, 0.2) is 5.69 Å². The van der Waals surface area contributed by atoms with E-state index < -0.39 is 0 Å².